The number of rotatable bonds is 15. The van der Waals surface area contributed by atoms with Crippen molar-refractivity contribution in [1.82, 2.24) is 5.32 Å². The van der Waals surface area contributed by atoms with Crippen LogP contribution in [-0.4, -0.2) is 49.8 Å². The van der Waals surface area contributed by atoms with Gasteiger partial charge in [-0.1, -0.05) is 31.5 Å². The molecule has 0 saturated heterocycles. The van der Waals surface area contributed by atoms with Crippen molar-refractivity contribution >= 4 is 52.9 Å². The number of ether oxygens (including phenoxy) is 3. The molecule has 3 amide bonds. The molecule has 4 rings (SSSR count). The van der Waals surface area contributed by atoms with E-state index in [1.165, 1.54) is 32.1 Å². The summed E-state index contributed by atoms with van der Waals surface area (Å²) in [5.74, 6) is -0.575. The van der Waals surface area contributed by atoms with Crippen LogP contribution in [0.15, 0.2) is 108 Å². The maximum Gasteiger partial charge on any atom is 0.338 e. The predicted molar refractivity (Wildman–Crippen MR) is 192 cm³/mol. The monoisotopic (exact) mass is 681 g/mol. The van der Waals surface area contributed by atoms with Gasteiger partial charge in [0, 0.05) is 27.4 Å². The molecule has 0 radical (unpaired) electrons. The van der Waals surface area contributed by atoms with Gasteiger partial charge in [-0.05, 0) is 98.3 Å². The number of hydrogen-bond acceptors (Lipinski definition) is 8. The molecular weight excluding hydrogens is 642 g/mol. The fourth-order valence-corrected chi connectivity index (χ4v) is 5.32. The Hall–Kier alpha value is -5.55. The molecule has 1 atom stereocenters. The lowest BCUT2D eigenvalue weighted by molar-refractivity contribution is -0.115. The summed E-state index contributed by atoms with van der Waals surface area (Å²) in [6, 6.07) is 27.3. The molecule has 4 aromatic rings. The molecule has 0 aromatic heterocycles. The van der Waals surface area contributed by atoms with Gasteiger partial charge < -0.3 is 30.2 Å². The van der Waals surface area contributed by atoms with Gasteiger partial charge in [-0.15, -0.1) is 11.8 Å². The van der Waals surface area contributed by atoms with Crippen molar-refractivity contribution < 1.29 is 33.4 Å². The number of thioether (sulfide) groups is 1. The van der Waals surface area contributed by atoms with Crippen molar-refractivity contribution in [2.45, 2.75) is 36.8 Å². The van der Waals surface area contributed by atoms with Crippen LogP contribution in [0.25, 0.3) is 6.08 Å². The van der Waals surface area contributed by atoms with Crippen LogP contribution in [0.3, 0.4) is 0 Å². The Balaban J connectivity index is 1.41. The zero-order chi connectivity index (χ0) is 35.2. The molecule has 0 heterocycles. The number of hydrogen-bond donors (Lipinski definition) is 3. The molecule has 3 N–H and O–H groups in total. The number of carbonyl (C=O) groups is 4. The van der Waals surface area contributed by atoms with Crippen LogP contribution in [0.5, 0.6) is 11.5 Å². The molecule has 0 aliphatic rings. The van der Waals surface area contributed by atoms with Crippen molar-refractivity contribution in [2.75, 3.05) is 31.5 Å². The maximum atomic E-state index is 13.5. The molecule has 0 aliphatic carbocycles. The molecule has 11 heteroatoms. The summed E-state index contributed by atoms with van der Waals surface area (Å²) in [5.41, 5.74) is 2.38. The zero-order valence-corrected chi connectivity index (χ0v) is 28.6. The topological polar surface area (TPSA) is 132 Å². The Bertz CT molecular complexity index is 1780. The number of esters is 1. The third kappa shape index (κ3) is 10.7. The van der Waals surface area contributed by atoms with Gasteiger partial charge >= 0.3 is 5.97 Å². The second-order valence-corrected chi connectivity index (χ2v) is 12.2. The standard InChI is InChI=1S/C38H39N3O7S/c1-5-6-22-48-38(45)27-12-14-29(15-13-27)39-35(42)25(2)49-32-19-16-30(17-20-32)40-37(44)33(41-36(43)26-10-8-7-9-11-26)24-28-23-31(46-3)18-21-34(28)47-4/h7-21,23-25H,5-6,22H2,1-4H3,(H,39,42)(H,40,44)(H,41,43)/b33-24-. The molecule has 0 spiro atoms. The summed E-state index contributed by atoms with van der Waals surface area (Å²) in [6.45, 7) is 4.18. The van der Waals surface area contributed by atoms with Crippen molar-refractivity contribution in [3.8, 4) is 11.5 Å². The van der Waals surface area contributed by atoms with Gasteiger partial charge in [-0.2, -0.15) is 0 Å². The summed E-state index contributed by atoms with van der Waals surface area (Å²) in [7, 11) is 3.04. The summed E-state index contributed by atoms with van der Waals surface area (Å²) in [4.78, 5) is 52.4. The summed E-state index contributed by atoms with van der Waals surface area (Å²) in [6.07, 6.45) is 3.27. The smallest absolute Gasteiger partial charge is 0.338 e. The highest BCUT2D eigenvalue weighted by atomic mass is 32.2. The van der Waals surface area contributed by atoms with Gasteiger partial charge in [0.1, 0.15) is 17.2 Å². The van der Waals surface area contributed by atoms with E-state index < -0.39 is 23.0 Å². The third-order valence-electron chi connectivity index (χ3n) is 7.18. The number of amides is 3. The highest BCUT2D eigenvalue weighted by molar-refractivity contribution is 8.00. The number of benzene rings is 4. The van der Waals surface area contributed by atoms with E-state index in [-0.39, 0.29) is 11.6 Å². The lowest BCUT2D eigenvalue weighted by Crippen LogP contribution is -2.30. The minimum Gasteiger partial charge on any atom is -0.497 e. The molecular formula is C38H39N3O7S. The van der Waals surface area contributed by atoms with Gasteiger partial charge in [0.25, 0.3) is 11.8 Å². The zero-order valence-electron chi connectivity index (χ0n) is 27.8. The van der Waals surface area contributed by atoms with E-state index in [1.54, 1.807) is 104 Å². The van der Waals surface area contributed by atoms with Crippen LogP contribution in [-0.2, 0) is 14.3 Å². The van der Waals surface area contributed by atoms with Gasteiger partial charge in [0.05, 0.1) is 31.6 Å². The van der Waals surface area contributed by atoms with Crippen molar-refractivity contribution in [3.63, 3.8) is 0 Å². The Morgan fingerprint density at radius 2 is 1.47 bits per heavy atom. The molecule has 4 aromatic carbocycles. The van der Waals surface area contributed by atoms with Crippen LogP contribution in [0, 0.1) is 0 Å². The third-order valence-corrected chi connectivity index (χ3v) is 8.29. The largest absolute Gasteiger partial charge is 0.497 e. The summed E-state index contributed by atoms with van der Waals surface area (Å²) >= 11 is 1.35. The fourth-order valence-electron chi connectivity index (χ4n) is 4.45. The minimum absolute atomic E-state index is 0.00873. The predicted octanol–water partition coefficient (Wildman–Crippen LogP) is 7.19. The average Bonchev–Trinajstić information content (AvgIpc) is 3.12. The van der Waals surface area contributed by atoms with Crippen LogP contribution in [0.2, 0.25) is 0 Å². The lowest BCUT2D eigenvalue weighted by atomic mass is 10.1. The van der Waals surface area contributed by atoms with E-state index in [4.69, 9.17) is 14.2 Å². The Morgan fingerprint density at radius 1 is 0.796 bits per heavy atom. The van der Waals surface area contributed by atoms with Crippen LogP contribution >= 0.6 is 11.8 Å². The first-order valence-electron chi connectivity index (χ1n) is 15.7. The van der Waals surface area contributed by atoms with Gasteiger partial charge in [-0.3, -0.25) is 14.4 Å². The number of nitrogens with one attached hydrogen (secondary N) is 3. The second-order valence-electron chi connectivity index (χ2n) is 10.8. The Labute approximate surface area is 290 Å². The van der Waals surface area contributed by atoms with Gasteiger partial charge in [0.2, 0.25) is 5.91 Å². The lowest BCUT2D eigenvalue weighted by Gasteiger charge is -2.14. The van der Waals surface area contributed by atoms with E-state index >= 15 is 0 Å². The van der Waals surface area contributed by atoms with Crippen molar-refractivity contribution in [1.29, 1.82) is 0 Å². The first kappa shape index (κ1) is 36.3. The quantitative estimate of drug-likeness (QED) is 0.0520. The highest BCUT2D eigenvalue weighted by Gasteiger charge is 2.18. The van der Waals surface area contributed by atoms with Crippen LogP contribution in [0.1, 0.15) is 53.0 Å². The molecule has 10 nitrogen and oxygen atoms in total. The number of anilines is 2. The SMILES string of the molecule is CCCCOC(=O)c1ccc(NC(=O)C(C)Sc2ccc(NC(=O)/C(=C/c3cc(OC)ccc3OC)NC(=O)c3ccccc3)cc2)cc1. The fraction of sp³-hybridized carbons (Fsp3) is 0.211. The minimum atomic E-state index is -0.553. The molecule has 1 unspecified atom stereocenters. The van der Waals surface area contributed by atoms with E-state index in [0.29, 0.717) is 46.2 Å². The first-order valence-corrected chi connectivity index (χ1v) is 16.5. The summed E-state index contributed by atoms with van der Waals surface area (Å²) < 4.78 is 16.0. The highest BCUT2D eigenvalue weighted by Crippen LogP contribution is 2.28. The van der Waals surface area contributed by atoms with Crippen molar-refractivity contribution in [2.24, 2.45) is 0 Å². The second kappa shape index (κ2) is 18.1. The molecule has 0 aliphatic heterocycles. The normalized spacial score (nSPS) is 11.6. The molecule has 0 saturated carbocycles. The molecule has 0 fully saturated rings. The van der Waals surface area contributed by atoms with E-state index in [9.17, 15) is 19.2 Å². The van der Waals surface area contributed by atoms with Crippen LogP contribution in [0.4, 0.5) is 11.4 Å². The van der Waals surface area contributed by atoms with E-state index in [0.717, 1.165) is 17.7 Å². The number of carbonyl (C=O) groups excluding carboxylic acids is 4. The first-order chi connectivity index (χ1) is 23.7. The number of methoxy groups -OCH3 is 2. The van der Waals surface area contributed by atoms with E-state index in [1.807, 2.05) is 6.92 Å². The van der Waals surface area contributed by atoms with Gasteiger partial charge in [-0.25, -0.2) is 4.79 Å². The van der Waals surface area contributed by atoms with Gasteiger partial charge in [0.15, 0.2) is 0 Å². The summed E-state index contributed by atoms with van der Waals surface area (Å²) in [5, 5.41) is 7.98. The Morgan fingerprint density at radius 3 is 2.12 bits per heavy atom. The average molecular weight is 682 g/mol. The van der Waals surface area contributed by atoms with E-state index in [2.05, 4.69) is 16.0 Å². The molecule has 49 heavy (non-hydrogen) atoms. The molecule has 254 valence electrons. The molecule has 0 bridgehead atoms. The number of unbranched alkanes of at least 4 members (excludes halogenated alkanes) is 1. The Kier molecular flexibility index (Phi) is 13.4. The van der Waals surface area contributed by atoms with Crippen molar-refractivity contribution in [3.05, 3.63) is 119 Å². The maximum absolute atomic E-state index is 13.5. The van der Waals surface area contributed by atoms with Crippen LogP contribution < -0.4 is 25.4 Å².